The van der Waals surface area contributed by atoms with Crippen LogP contribution in [0.15, 0.2) is 72.2 Å². The SMILES string of the molecule is C[C@@H](OC(=O)c1cccc(NC(=O)c2cccs2)c1)C(=O)c1c[nH]c2ccccc12. The van der Waals surface area contributed by atoms with Crippen molar-refractivity contribution in [1.29, 1.82) is 0 Å². The molecule has 0 spiro atoms. The van der Waals surface area contributed by atoms with E-state index in [2.05, 4.69) is 10.3 Å². The lowest BCUT2D eigenvalue weighted by atomic mass is 10.1. The molecule has 150 valence electrons. The fourth-order valence-electron chi connectivity index (χ4n) is 3.10. The second-order valence-corrected chi connectivity index (χ2v) is 7.62. The van der Waals surface area contributed by atoms with Gasteiger partial charge in [-0.2, -0.15) is 0 Å². The van der Waals surface area contributed by atoms with Crippen molar-refractivity contribution in [2.45, 2.75) is 13.0 Å². The number of benzene rings is 2. The second-order valence-electron chi connectivity index (χ2n) is 6.67. The van der Waals surface area contributed by atoms with Crippen LogP contribution in [0.4, 0.5) is 5.69 Å². The summed E-state index contributed by atoms with van der Waals surface area (Å²) in [5.74, 6) is -1.18. The number of hydrogen-bond acceptors (Lipinski definition) is 5. The number of aromatic nitrogens is 1. The molecule has 1 atom stereocenters. The van der Waals surface area contributed by atoms with Gasteiger partial charge in [0.1, 0.15) is 0 Å². The summed E-state index contributed by atoms with van der Waals surface area (Å²) in [4.78, 5) is 41.2. The second kappa shape index (κ2) is 8.34. The number of thiophene rings is 1. The average molecular weight is 418 g/mol. The van der Waals surface area contributed by atoms with Gasteiger partial charge in [-0.3, -0.25) is 9.59 Å². The fourth-order valence-corrected chi connectivity index (χ4v) is 3.72. The standard InChI is InChI=1S/C23H18N2O4S/c1-14(21(26)18-13-24-19-9-3-2-8-17(18)19)29-23(28)15-6-4-7-16(12-15)25-22(27)20-10-5-11-30-20/h2-14,24H,1H3,(H,25,27)/t14-/m1/s1. The highest BCUT2D eigenvalue weighted by Crippen LogP contribution is 2.21. The molecule has 2 aromatic heterocycles. The first-order valence-corrected chi connectivity index (χ1v) is 10.2. The normalized spacial score (nSPS) is 11.8. The Morgan fingerprint density at radius 1 is 1.03 bits per heavy atom. The maximum Gasteiger partial charge on any atom is 0.338 e. The topological polar surface area (TPSA) is 88.3 Å². The first-order chi connectivity index (χ1) is 14.5. The van der Waals surface area contributed by atoms with E-state index in [9.17, 15) is 14.4 Å². The van der Waals surface area contributed by atoms with E-state index in [1.165, 1.54) is 17.4 Å². The van der Waals surface area contributed by atoms with Crippen molar-refractivity contribution in [2.24, 2.45) is 0 Å². The monoisotopic (exact) mass is 418 g/mol. The minimum Gasteiger partial charge on any atom is -0.451 e. The molecular weight excluding hydrogens is 400 g/mol. The van der Waals surface area contributed by atoms with Crippen molar-refractivity contribution in [2.75, 3.05) is 5.32 Å². The molecule has 1 amide bonds. The van der Waals surface area contributed by atoms with Gasteiger partial charge in [0, 0.05) is 28.4 Å². The van der Waals surface area contributed by atoms with Crippen LogP contribution in [0.3, 0.4) is 0 Å². The molecule has 4 aromatic rings. The number of carbonyl (C=O) groups excluding carboxylic acids is 3. The van der Waals surface area contributed by atoms with Crippen LogP contribution in [0.2, 0.25) is 0 Å². The minimum atomic E-state index is -0.957. The van der Waals surface area contributed by atoms with Crippen LogP contribution < -0.4 is 5.32 Å². The number of aromatic amines is 1. The van der Waals surface area contributed by atoms with Crippen LogP contribution in [0.1, 0.15) is 37.3 Å². The number of fused-ring (bicyclic) bond motifs is 1. The summed E-state index contributed by atoms with van der Waals surface area (Å²) in [7, 11) is 0. The lowest BCUT2D eigenvalue weighted by molar-refractivity contribution is 0.0319. The summed E-state index contributed by atoms with van der Waals surface area (Å²) in [6, 6.07) is 17.4. The molecule has 4 rings (SSSR count). The number of Topliss-reactive ketones (excluding diaryl/α,β-unsaturated/α-hetero) is 1. The van der Waals surface area contributed by atoms with E-state index in [-0.39, 0.29) is 17.3 Å². The van der Waals surface area contributed by atoms with Gasteiger partial charge in [0.05, 0.1) is 10.4 Å². The maximum absolute atomic E-state index is 12.8. The molecule has 0 unspecified atom stereocenters. The van der Waals surface area contributed by atoms with Crippen LogP contribution in [0.5, 0.6) is 0 Å². The van der Waals surface area contributed by atoms with Crippen molar-refractivity contribution in [1.82, 2.24) is 4.98 Å². The summed E-state index contributed by atoms with van der Waals surface area (Å²) in [6.45, 7) is 1.55. The predicted octanol–water partition coefficient (Wildman–Crippen LogP) is 4.91. The van der Waals surface area contributed by atoms with Gasteiger partial charge in [-0.25, -0.2) is 4.79 Å². The number of esters is 1. The maximum atomic E-state index is 12.8. The summed E-state index contributed by atoms with van der Waals surface area (Å²) < 4.78 is 5.39. The molecule has 0 fully saturated rings. The van der Waals surface area contributed by atoms with Crippen molar-refractivity contribution < 1.29 is 19.1 Å². The van der Waals surface area contributed by atoms with Gasteiger partial charge in [0.2, 0.25) is 5.78 Å². The molecule has 0 aliphatic carbocycles. The molecule has 0 aliphatic heterocycles. The van der Waals surface area contributed by atoms with E-state index in [0.29, 0.717) is 16.1 Å². The van der Waals surface area contributed by atoms with E-state index in [0.717, 1.165) is 10.9 Å². The molecule has 0 bridgehead atoms. The van der Waals surface area contributed by atoms with E-state index >= 15 is 0 Å². The first-order valence-electron chi connectivity index (χ1n) is 9.29. The molecule has 2 aromatic carbocycles. The van der Waals surface area contributed by atoms with Crippen molar-refractivity contribution in [3.05, 3.63) is 88.2 Å². The molecule has 2 N–H and O–H groups in total. The smallest absolute Gasteiger partial charge is 0.338 e. The number of carbonyl (C=O) groups is 3. The Kier molecular flexibility index (Phi) is 5.45. The molecule has 0 saturated carbocycles. The Balaban J connectivity index is 1.45. The van der Waals surface area contributed by atoms with Gasteiger partial charge in [0.25, 0.3) is 5.91 Å². The van der Waals surface area contributed by atoms with Crippen LogP contribution in [0, 0.1) is 0 Å². The van der Waals surface area contributed by atoms with Gasteiger partial charge in [-0.15, -0.1) is 11.3 Å². The number of hydrogen-bond donors (Lipinski definition) is 2. The molecule has 0 radical (unpaired) electrons. The van der Waals surface area contributed by atoms with E-state index in [1.54, 1.807) is 43.5 Å². The number of nitrogens with one attached hydrogen (secondary N) is 2. The number of ketones is 1. The third-order valence-corrected chi connectivity index (χ3v) is 5.48. The third-order valence-electron chi connectivity index (χ3n) is 4.61. The van der Waals surface area contributed by atoms with Crippen LogP contribution in [-0.4, -0.2) is 28.7 Å². The Morgan fingerprint density at radius 3 is 2.67 bits per heavy atom. The number of ether oxygens (including phenoxy) is 1. The number of anilines is 1. The summed E-state index contributed by atoms with van der Waals surface area (Å²) in [5, 5.41) is 5.35. The highest BCUT2D eigenvalue weighted by molar-refractivity contribution is 7.12. The van der Waals surface area contributed by atoms with Gasteiger partial charge >= 0.3 is 5.97 Å². The Hall–Kier alpha value is -3.71. The Morgan fingerprint density at radius 2 is 1.87 bits per heavy atom. The zero-order valence-corrected chi connectivity index (χ0v) is 16.9. The Labute approximate surface area is 176 Å². The van der Waals surface area contributed by atoms with Crippen molar-refractivity contribution >= 4 is 45.6 Å². The van der Waals surface area contributed by atoms with Gasteiger partial charge in [-0.05, 0) is 42.6 Å². The van der Waals surface area contributed by atoms with Crippen molar-refractivity contribution in [3.8, 4) is 0 Å². The van der Waals surface area contributed by atoms with E-state index < -0.39 is 12.1 Å². The van der Waals surface area contributed by atoms with Gasteiger partial charge in [-0.1, -0.05) is 30.3 Å². The van der Waals surface area contributed by atoms with Crippen molar-refractivity contribution in [3.63, 3.8) is 0 Å². The van der Waals surface area contributed by atoms with E-state index in [4.69, 9.17) is 4.74 Å². The quantitative estimate of drug-likeness (QED) is 0.344. The molecule has 0 aliphatic rings. The highest BCUT2D eigenvalue weighted by atomic mass is 32.1. The number of amides is 1. The average Bonchev–Trinajstić information content (AvgIpc) is 3.43. The molecule has 0 saturated heterocycles. The zero-order valence-electron chi connectivity index (χ0n) is 16.0. The number of rotatable bonds is 6. The summed E-state index contributed by atoms with van der Waals surface area (Å²) in [5.41, 5.74) is 2.03. The Bertz CT molecular complexity index is 1230. The lowest BCUT2D eigenvalue weighted by Gasteiger charge is -2.12. The zero-order chi connectivity index (χ0) is 21.1. The number of para-hydroxylation sites is 1. The summed E-state index contributed by atoms with van der Waals surface area (Å²) >= 11 is 1.33. The van der Waals surface area contributed by atoms with Crippen LogP contribution in [0.25, 0.3) is 10.9 Å². The highest BCUT2D eigenvalue weighted by Gasteiger charge is 2.23. The van der Waals surface area contributed by atoms with Gasteiger partial charge in [0.15, 0.2) is 6.10 Å². The fraction of sp³-hybridized carbons (Fsp3) is 0.0870. The largest absolute Gasteiger partial charge is 0.451 e. The molecular formula is C23H18N2O4S. The molecule has 2 heterocycles. The molecule has 30 heavy (non-hydrogen) atoms. The molecule has 6 nitrogen and oxygen atoms in total. The number of H-pyrrole nitrogens is 1. The molecule has 7 heteroatoms. The third kappa shape index (κ3) is 4.01. The van der Waals surface area contributed by atoms with Gasteiger partial charge < -0.3 is 15.0 Å². The van der Waals surface area contributed by atoms with Crippen LogP contribution in [-0.2, 0) is 4.74 Å². The first kappa shape index (κ1) is 19.6. The lowest BCUT2D eigenvalue weighted by Crippen LogP contribution is -2.24. The predicted molar refractivity (Wildman–Crippen MR) is 116 cm³/mol. The van der Waals surface area contributed by atoms with Crippen LogP contribution >= 0.6 is 11.3 Å². The van der Waals surface area contributed by atoms with E-state index in [1.807, 2.05) is 29.6 Å². The summed E-state index contributed by atoms with van der Waals surface area (Å²) in [6.07, 6.45) is 0.666. The minimum absolute atomic E-state index is 0.248.